The van der Waals surface area contributed by atoms with Gasteiger partial charge < -0.3 is 10.1 Å². The van der Waals surface area contributed by atoms with Crippen LogP contribution in [0.15, 0.2) is 11.6 Å². The van der Waals surface area contributed by atoms with Gasteiger partial charge >= 0.3 is 6.01 Å². The monoisotopic (exact) mass is 299 g/mol. The van der Waals surface area contributed by atoms with Gasteiger partial charge in [0.1, 0.15) is 5.01 Å². The predicted molar refractivity (Wildman–Crippen MR) is 74.8 cm³/mol. The standard InChI is InChI=1S/C11H14ClN5OS/c1-3-5-18-11-16-9(12)15-10(17-11)14-7(2)8-13-4-6-19-8/h4,6-7H,3,5H2,1-2H3,(H,14,15,16,17). The highest BCUT2D eigenvalue weighted by Gasteiger charge is 2.12. The highest BCUT2D eigenvalue weighted by atomic mass is 35.5. The van der Waals surface area contributed by atoms with Gasteiger partial charge in [0, 0.05) is 11.6 Å². The van der Waals surface area contributed by atoms with E-state index in [-0.39, 0.29) is 17.3 Å². The van der Waals surface area contributed by atoms with Crippen molar-refractivity contribution in [3.05, 3.63) is 21.9 Å². The normalized spacial score (nSPS) is 12.2. The highest BCUT2D eigenvalue weighted by Crippen LogP contribution is 2.20. The Balaban J connectivity index is 2.09. The Morgan fingerprint density at radius 3 is 2.95 bits per heavy atom. The molecule has 1 N–H and O–H groups in total. The lowest BCUT2D eigenvalue weighted by molar-refractivity contribution is 0.291. The molecule has 0 saturated carbocycles. The van der Waals surface area contributed by atoms with Crippen molar-refractivity contribution >= 4 is 28.9 Å². The van der Waals surface area contributed by atoms with Crippen molar-refractivity contribution in [1.82, 2.24) is 19.9 Å². The molecular formula is C11H14ClN5OS. The maximum atomic E-state index is 5.84. The Morgan fingerprint density at radius 2 is 2.26 bits per heavy atom. The summed E-state index contributed by atoms with van der Waals surface area (Å²) in [5.41, 5.74) is 0. The minimum absolute atomic E-state index is 0.00232. The summed E-state index contributed by atoms with van der Waals surface area (Å²) in [7, 11) is 0. The molecule has 0 radical (unpaired) electrons. The van der Waals surface area contributed by atoms with Crippen molar-refractivity contribution in [2.24, 2.45) is 0 Å². The summed E-state index contributed by atoms with van der Waals surface area (Å²) in [4.78, 5) is 16.3. The van der Waals surface area contributed by atoms with E-state index in [0.717, 1.165) is 11.4 Å². The molecule has 0 saturated heterocycles. The van der Waals surface area contributed by atoms with Crippen LogP contribution in [0.2, 0.25) is 5.28 Å². The number of anilines is 1. The van der Waals surface area contributed by atoms with Crippen molar-refractivity contribution in [3.8, 4) is 6.01 Å². The quantitative estimate of drug-likeness (QED) is 0.884. The van der Waals surface area contributed by atoms with E-state index in [9.17, 15) is 0 Å². The molecule has 0 spiro atoms. The second-order valence-electron chi connectivity index (χ2n) is 3.80. The zero-order chi connectivity index (χ0) is 13.7. The molecule has 0 aliphatic heterocycles. The number of halogens is 1. The molecule has 19 heavy (non-hydrogen) atoms. The van der Waals surface area contributed by atoms with Gasteiger partial charge in [-0.15, -0.1) is 11.3 Å². The minimum atomic E-state index is -0.00232. The maximum absolute atomic E-state index is 5.84. The summed E-state index contributed by atoms with van der Waals surface area (Å²) in [6.07, 6.45) is 2.63. The van der Waals surface area contributed by atoms with Gasteiger partial charge in [-0.05, 0) is 24.9 Å². The number of aromatic nitrogens is 4. The topological polar surface area (TPSA) is 72.8 Å². The Morgan fingerprint density at radius 1 is 1.42 bits per heavy atom. The summed E-state index contributed by atoms with van der Waals surface area (Å²) >= 11 is 7.41. The van der Waals surface area contributed by atoms with Crippen LogP contribution >= 0.6 is 22.9 Å². The SMILES string of the molecule is CCCOc1nc(Cl)nc(NC(C)c2nccs2)n1. The molecule has 0 amide bonds. The zero-order valence-electron chi connectivity index (χ0n) is 10.6. The van der Waals surface area contributed by atoms with Gasteiger partial charge in [-0.1, -0.05) is 6.92 Å². The van der Waals surface area contributed by atoms with Gasteiger partial charge in [-0.3, -0.25) is 0 Å². The van der Waals surface area contributed by atoms with E-state index in [1.807, 2.05) is 19.2 Å². The molecule has 2 heterocycles. The molecule has 1 unspecified atom stereocenters. The molecule has 0 aliphatic rings. The van der Waals surface area contributed by atoms with Crippen molar-refractivity contribution in [2.45, 2.75) is 26.3 Å². The number of nitrogens with zero attached hydrogens (tertiary/aromatic N) is 4. The summed E-state index contributed by atoms with van der Waals surface area (Å²) < 4.78 is 5.35. The third-order valence-corrected chi connectivity index (χ3v) is 3.32. The molecule has 2 rings (SSSR count). The van der Waals surface area contributed by atoms with Crippen LogP contribution in [-0.2, 0) is 0 Å². The van der Waals surface area contributed by atoms with Crippen LogP contribution in [0.4, 0.5) is 5.95 Å². The van der Waals surface area contributed by atoms with E-state index in [1.165, 1.54) is 0 Å². The molecule has 0 aromatic carbocycles. The van der Waals surface area contributed by atoms with Crippen molar-refractivity contribution in [1.29, 1.82) is 0 Å². The minimum Gasteiger partial charge on any atom is -0.463 e. The largest absolute Gasteiger partial charge is 0.463 e. The van der Waals surface area contributed by atoms with E-state index in [2.05, 4.69) is 25.3 Å². The van der Waals surface area contributed by atoms with Crippen LogP contribution in [0, 0.1) is 0 Å². The van der Waals surface area contributed by atoms with Gasteiger partial charge in [-0.25, -0.2) is 4.98 Å². The van der Waals surface area contributed by atoms with E-state index in [4.69, 9.17) is 16.3 Å². The average molecular weight is 300 g/mol. The third kappa shape index (κ3) is 4.00. The fourth-order valence-corrected chi connectivity index (χ4v) is 2.16. The van der Waals surface area contributed by atoms with Gasteiger partial charge in [-0.2, -0.15) is 15.0 Å². The van der Waals surface area contributed by atoms with Gasteiger partial charge in [0.25, 0.3) is 0 Å². The number of nitrogens with one attached hydrogen (secondary N) is 1. The zero-order valence-corrected chi connectivity index (χ0v) is 12.2. The number of hydrogen-bond acceptors (Lipinski definition) is 7. The van der Waals surface area contributed by atoms with Crippen LogP contribution in [0.1, 0.15) is 31.3 Å². The first kappa shape index (κ1) is 14.0. The lowest BCUT2D eigenvalue weighted by Crippen LogP contribution is -2.11. The lowest BCUT2D eigenvalue weighted by Gasteiger charge is -2.11. The van der Waals surface area contributed by atoms with Crippen LogP contribution in [0.25, 0.3) is 0 Å². The third-order valence-electron chi connectivity index (χ3n) is 2.19. The molecule has 1 atom stereocenters. The molecule has 0 bridgehead atoms. The molecule has 2 aromatic heterocycles. The van der Waals surface area contributed by atoms with E-state index in [0.29, 0.717) is 12.6 Å². The molecule has 0 aliphatic carbocycles. The first-order valence-electron chi connectivity index (χ1n) is 5.89. The number of hydrogen-bond donors (Lipinski definition) is 1. The Hall–Kier alpha value is -1.47. The predicted octanol–water partition coefficient (Wildman–Crippen LogP) is 2.94. The summed E-state index contributed by atoms with van der Waals surface area (Å²) in [5, 5.41) is 6.10. The van der Waals surface area contributed by atoms with E-state index < -0.39 is 0 Å². The van der Waals surface area contributed by atoms with Crippen LogP contribution in [0.3, 0.4) is 0 Å². The molecule has 6 nitrogen and oxygen atoms in total. The van der Waals surface area contributed by atoms with Gasteiger partial charge in [0.2, 0.25) is 11.2 Å². The van der Waals surface area contributed by atoms with E-state index in [1.54, 1.807) is 17.5 Å². The molecule has 0 fully saturated rings. The first-order valence-corrected chi connectivity index (χ1v) is 7.15. The van der Waals surface area contributed by atoms with Crippen LogP contribution in [0.5, 0.6) is 6.01 Å². The smallest absolute Gasteiger partial charge is 0.322 e. The second-order valence-corrected chi connectivity index (χ2v) is 5.06. The Bertz CT molecular complexity index is 522. The van der Waals surface area contributed by atoms with Gasteiger partial charge in [0.05, 0.1) is 12.6 Å². The van der Waals surface area contributed by atoms with Crippen molar-refractivity contribution in [3.63, 3.8) is 0 Å². The van der Waals surface area contributed by atoms with Crippen LogP contribution < -0.4 is 10.1 Å². The second kappa shape index (κ2) is 6.63. The Kier molecular flexibility index (Phi) is 4.86. The number of rotatable bonds is 6. The number of thiazole rings is 1. The number of ether oxygens (including phenoxy) is 1. The highest BCUT2D eigenvalue weighted by molar-refractivity contribution is 7.09. The summed E-state index contributed by atoms with van der Waals surface area (Å²) in [6.45, 7) is 4.53. The maximum Gasteiger partial charge on any atom is 0.322 e. The van der Waals surface area contributed by atoms with Crippen molar-refractivity contribution in [2.75, 3.05) is 11.9 Å². The fraction of sp³-hybridized carbons (Fsp3) is 0.455. The lowest BCUT2D eigenvalue weighted by atomic mass is 10.4. The summed E-state index contributed by atoms with van der Waals surface area (Å²) in [5.74, 6) is 0.383. The fourth-order valence-electron chi connectivity index (χ4n) is 1.36. The molecular weight excluding hydrogens is 286 g/mol. The van der Waals surface area contributed by atoms with Gasteiger partial charge in [0.15, 0.2) is 0 Å². The van der Waals surface area contributed by atoms with Crippen molar-refractivity contribution < 1.29 is 4.74 Å². The van der Waals surface area contributed by atoms with E-state index >= 15 is 0 Å². The first-order chi connectivity index (χ1) is 9.19. The molecule has 8 heteroatoms. The Labute approximate surface area is 120 Å². The van der Waals surface area contributed by atoms with Crippen LogP contribution in [-0.4, -0.2) is 26.5 Å². The molecule has 2 aromatic rings. The molecule has 102 valence electrons. The summed E-state index contributed by atoms with van der Waals surface area (Å²) in [6, 6.07) is 0.230. The average Bonchev–Trinajstić information content (AvgIpc) is 2.89.